The van der Waals surface area contributed by atoms with Crippen molar-refractivity contribution in [3.63, 3.8) is 0 Å². The fraction of sp³-hybridized carbons (Fsp3) is 1.00. The Kier molecular flexibility index (Phi) is 6.42. The maximum absolute atomic E-state index is 8.23. The van der Waals surface area contributed by atoms with Crippen LogP contribution in [0.5, 0.6) is 0 Å². The van der Waals surface area contributed by atoms with Crippen molar-refractivity contribution in [1.29, 1.82) is 0 Å². The second-order valence-electron chi connectivity index (χ2n) is 1.54. The summed E-state index contributed by atoms with van der Waals surface area (Å²) in [6, 6.07) is 0. The summed E-state index contributed by atoms with van der Waals surface area (Å²) >= 11 is 1.01. The number of hydrogen-bond donors (Lipinski definition) is 2. The summed E-state index contributed by atoms with van der Waals surface area (Å²) in [5.74, 6) is 0. The highest BCUT2D eigenvalue weighted by molar-refractivity contribution is 8.75. The number of rotatable bonds is 4. The van der Waals surface area contributed by atoms with E-state index >= 15 is 0 Å². The van der Waals surface area contributed by atoms with Crippen molar-refractivity contribution in [2.24, 2.45) is 0 Å². The largest absolute Gasteiger partial charge is 0.340 e. The Morgan fingerprint density at radius 3 is 2.33 bits per heavy atom. The molecule has 0 bridgehead atoms. The van der Waals surface area contributed by atoms with Gasteiger partial charge in [-0.2, -0.15) is 0 Å². The molecule has 0 saturated heterocycles. The lowest BCUT2D eigenvalue weighted by Gasteiger charge is -2.02. The van der Waals surface area contributed by atoms with Crippen molar-refractivity contribution in [2.45, 2.75) is 19.1 Å². The Morgan fingerprint density at radius 2 is 2.00 bits per heavy atom. The second-order valence-corrected chi connectivity index (χ2v) is 4.90. The third kappa shape index (κ3) is 9.01. The lowest BCUT2D eigenvalue weighted by atomic mass is 10.6. The molecule has 56 valence electrons. The lowest BCUT2D eigenvalue weighted by Crippen LogP contribution is -1.80. The molecule has 0 aliphatic heterocycles. The van der Waals surface area contributed by atoms with Gasteiger partial charge in [-0.05, 0) is 0 Å². The van der Waals surface area contributed by atoms with Crippen LogP contribution in [0.15, 0.2) is 0 Å². The van der Waals surface area contributed by atoms with E-state index in [0.29, 0.717) is 5.25 Å². The highest BCUT2D eigenvalue weighted by Crippen LogP contribution is 2.39. The molecular weight excluding hydrogens is 179 g/mol. The van der Waals surface area contributed by atoms with Crippen molar-refractivity contribution >= 4 is 30.5 Å². The highest BCUT2D eigenvalue weighted by atomic mass is 33.1. The van der Waals surface area contributed by atoms with Gasteiger partial charge in [0.1, 0.15) is 0 Å². The molecule has 0 saturated carbocycles. The van der Waals surface area contributed by atoms with Crippen LogP contribution in [-0.2, 0) is 3.97 Å². The summed E-state index contributed by atoms with van der Waals surface area (Å²) in [5, 5.41) is 0.435. The molecule has 0 aliphatic carbocycles. The van der Waals surface area contributed by atoms with E-state index < -0.39 is 8.60 Å². The molecule has 0 aliphatic rings. The monoisotopic (exact) mass is 188 g/mol. The smallest absolute Gasteiger partial charge is 0.327 e. The zero-order valence-corrected chi connectivity index (χ0v) is 7.67. The minimum atomic E-state index is -2.19. The predicted octanol–water partition coefficient (Wildman–Crippen LogP) is 1.92. The van der Waals surface area contributed by atoms with Crippen molar-refractivity contribution in [1.82, 2.24) is 0 Å². The first-order valence-corrected chi connectivity index (χ1v) is 5.61. The van der Waals surface area contributed by atoms with Crippen molar-refractivity contribution in [3.05, 3.63) is 0 Å². The molecule has 0 fully saturated rings. The molecule has 2 N–H and O–H groups in total. The average molecular weight is 188 g/mol. The van der Waals surface area contributed by atoms with Crippen LogP contribution in [0.1, 0.15) is 13.8 Å². The van der Waals surface area contributed by atoms with Gasteiger partial charge in [0.15, 0.2) is 0 Å². The van der Waals surface area contributed by atoms with Crippen LogP contribution in [-0.4, -0.2) is 15.0 Å². The van der Waals surface area contributed by atoms with E-state index in [1.807, 2.05) is 13.8 Å². The van der Waals surface area contributed by atoms with Crippen LogP contribution >= 0.6 is 30.5 Å². The Hall–Kier alpha value is 1.01. The first-order chi connectivity index (χ1) is 4.13. The van der Waals surface area contributed by atoms with Gasteiger partial charge in [-0.1, -0.05) is 24.6 Å². The van der Waals surface area contributed by atoms with Gasteiger partial charge >= 0.3 is 8.60 Å². The Balaban J connectivity index is 2.91. The molecule has 9 heavy (non-hydrogen) atoms. The Labute approximate surface area is 63.8 Å². The van der Waals surface area contributed by atoms with E-state index in [-0.39, 0.29) is 0 Å². The molecule has 0 amide bonds. The molecule has 0 aromatic carbocycles. The summed E-state index contributed by atoms with van der Waals surface area (Å²) in [7, 11) is -0.739. The lowest BCUT2D eigenvalue weighted by molar-refractivity contribution is 0.399. The highest BCUT2D eigenvalue weighted by Gasteiger charge is 2.01. The van der Waals surface area contributed by atoms with Crippen LogP contribution in [0.3, 0.4) is 0 Å². The van der Waals surface area contributed by atoms with E-state index in [1.54, 1.807) is 0 Å². The average Bonchev–Trinajstić information content (AvgIpc) is 1.63. The summed E-state index contributed by atoms with van der Waals surface area (Å²) < 4.78 is 4.41. The van der Waals surface area contributed by atoms with Gasteiger partial charge in [0.2, 0.25) is 0 Å². The Bertz CT molecular complexity index is 62.1. The molecule has 0 aromatic heterocycles. The fourth-order valence-electron chi connectivity index (χ4n) is 0.123. The van der Waals surface area contributed by atoms with Crippen molar-refractivity contribution < 1.29 is 13.8 Å². The molecule has 0 rings (SSSR count). The zero-order chi connectivity index (χ0) is 7.28. The van der Waals surface area contributed by atoms with Gasteiger partial charge in [0, 0.05) is 5.25 Å². The van der Waals surface area contributed by atoms with Crippen LogP contribution in [0, 0.1) is 0 Å². The molecule has 0 unspecified atom stereocenters. The standard InChI is InChI=1S/C3H9O3PS2/c1-3(2)8-9-6-7(4)5/h3-5H,1-2H3. The first kappa shape index (κ1) is 10.0. The van der Waals surface area contributed by atoms with E-state index in [4.69, 9.17) is 9.79 Å². The van der Waals surface area contributed by atoms with Crippen molar-refractivity contribution in [3.8, 4) is 0 Å². The maximum atomic E-state index is 8.23. The molecule has 0 radical (unpaired) electrons. The third-order valence-corrected chi connectivity index (χ3v) is 3.51. The fourth-order valence-corrected chi connectivity index (χ4v) is 1.92. The Morgan fingerprint density at radius 1 is 1.44 bits per heavy atom. The first-order valence-electron chi connectivity index (χ1n) is 2.31. The van der Waals surface area contributed by atoms with E-state index in [9.17, 15) is 0 Å². The van der Waals surface area contributed by atoms with Crippen LogP contribution in [0.4, 0.5) is 0 Å². The second kappa shape index (κ2) is 5.77. The molecule has 0 spiro atoms. The minimum absolute atomic E-state index is 0.435. The molecule has 0 heterocycles. The van der Waals surface area contributed by atoms with Gasteiger partial charge in [-0.15, -0.1) is 0 Å². The SMILES string of the molecule is CC(C)SSOP(O)O. The van der Waals surface area contributed by atoms with Gasteiger partial charge < -0.3 is 9.79 Å². The molecule has 0 atom stereocenters. The van der Waals surface area contributed by atoms with Gasteiger partial charge in [-0.25, -0.2) is 3.97 Å². The quantitative estimate of drug-likeness (QED) is 0.401. The van der Waals surface area contributed by atoms with Crippen LogP contribution < -0.4 is 0 Å². The summed E-state index contributed by atoms with van der Waals surface area (Å²) in [5.41, 5.74) is 0. The summed E-state index contributed by atoms with van der Waals surface area (Å²) in [4.78, 5) is 16.5. The van der Waals surface area contributed by atoms with Gasteiger partial charge in [0.25, 0.3) is 0 Å². The summed E-state index contributed by atoms with van der Waals surface area (Å²) in [6.07, 6.45) is 0. The van der Waals surface area contributed by atoms with Gasteiger partial charge in [0.05, 0.1) is 11.1 Å². The normalized spacial score (nSPS) is 11.3. The van der Waals surface area contributed by atoms with Crippen LogP contribution in [0.2, 0.25) is 0 Å². The zero-order valence-electron chi connectivity index (χ0n) is 5.14. The van der Waals surface area contributed by atoms with Crippen LogP contribution in [0.25, 0.3) is 0 Å². The topological polar surface area (TPSA) is 49.7 Å². The van der Waals surface area contributed by atoms with E-state index in [0.717, 1.165) is 11.1 Å². The van der Waals surface area contributed by atoms with E-state index in [2.05, 4.69) is 3.97 Å². The molecular formula is C3H9O3PS2. The molecule has 3 nitrogen and oxygen atoms in total. The van der Waals surface area contributed by atoms with Gasteiger partial charge in [-0.3, -0.25) is 0 Å². The number of hydrogen-bond acceptors (Lipinski definition) is 5. The third-order valence-electron chi connectivity index (χ3n) is 0.329. The predicted molar refractivity (Wildman–Crippen MR) is 42.8 cm³/mol. The minimum Gasteiger partial charge on any atom is -0.327 e. The maximum Gasteiger partial charge on any atom is 0.340 e. The summed E-state index contributed by atoms with van der Waals surface area (Å²) in [6.45, 7) is 4.00. The van der Waals surface area contributed by atoms with Crippen molar-refractivity contribution in [2.75, 3.05) is 0 Å². The molecule has 0 aromatic rings. The molecule has 6 heteroatoms. The van der Waals surface area contributed by atoms with E-state index in [1.165, 1.54) is 10.8 Å².